The molecule has 0 aliphatic rings. The molecule has 4 nitrogen and oxygen atoms in total. The van der Waals surface area contributed by atoms with Crippen molar-refractivity contribution in [2.75, 3.05) is 0 Å². The molecule has 0 aliphatic heterocycles. The van der Waals surface area contributed by atoms with E-state index in [1.54, 1.807) is 0 Å². The molecule has 0 amide bonds. The van der Waals surface area contributed by atoms with Crippen LogP contribution in [0.1, 0.15) is 20.3 Å². The summed E-state index contributed by atoms with van der Waals surface area (Å²) in [5.41, 5.74) is 0.508. The first kappa shape index (κ1) is 13.7. The maximum Gasteiger partial charge on any atom is 0.194 e. The molecular formula is C11H16O4. The van der Waals surface area contributed by atoms with Crippen LogP contribution in [-0.4, -0.2) is 34.0 Å². The minimum atomic E-state index is -1.50. The second-order valence-electron chi connectivity index (χ2n) is 3.57. The quantitative estimate of drug-likeness (QED) is 0.493. The monoisotopic (exact) mass is 212 g/mol. The van der Waals surface area contributed by atoms with E-state index in [-0.39, 0.29) is 17.6 Å². The number of carbonyl (C=O) groups excluding carboxylic acids is 2. The Kier molecular flexibility index (Phi) is 5.11. The van der Waals surface area contributed by atoms with E-state index >= 15 is 0 Å². The Morgan fingerprint density at radius 3 is 2.00 bits per heavy atom. The summed E-state index contributed by atoms with van der Waals surface area (Å²) in [6, 6.07) is 0. The van der Waals surface area contributed by atoms with Crippen LogP contribution in [0.4, 0.5) is 0 Å². The highest BCUT2D eigenvalue weighted by Crippen LogP contribution is 2.07. The van der Waals surface area contributed by atoms with Gasteiger partial charge in [0.25, 0.3) is 0 Å². The molecule has 84 valence electrons. The second-order valence-corrected chi connectivity index (χ2v) is 3.57. The lowest BCUT2D eigenvalue weighted by atomic mass is 9.99. The summed E-state index contributed by atoms with van der Waals surface area (Å²) in [5, 5.41) is 18.6. The highest BCUT2D eigenvalue weighted by Gasteiger charge is 2.25. The molecule has 0 saturated heterocycles. The Hall–Kier alpha value is -1.26. The third kappa shape index (κ3) is 4.18. The molecule has 2 N–H and O–H groups in total. The number of allylic oxidation sites excluding steroid dienone is 1. The molecule has 0 bridgehead atoms. The van der Waals surface area contributed by atoms with Crippen molar-refractivity contribution in [2.24, 2.45) is 0 Å². The van der Waals surface area contributed by atoms with Crippen LogP contribution >= 0.6 is 0 Å². The van der Waals surface area contributed by atoms with E-state index < -0.39 is 23.8 Å². The number of carbonyl (C=O) groups is 2. The highest BCUT2D eigenvalue weighted by molar-refractivity contribution is 5.99. The van der Waals surface area contributed by atoms with Crippen LogP contribution in [0.25, 0.3) is 0 Å². The largest absolute Gasteiger partial charge is 0.385 e. The normalized spacial score (nSPS) is 14.1. The number of Topliss-reactive ketones (excluding diaryl/α,β-unsaturated/α-hetero) is 2. The van der Waals surface area contributed by atoms with E-state index in [1.807, 2.05) is 0 Å². The molecule has 0 aromatic rings. The maximum absolute atomic E-state index is 11.3. The van der Waals surface area contributed by atoms with Gasteiger partial charge in [0.1, 0.15) is 12.2 Å². The van der Waals surface area contributed by atoms with Crippen molar-refractivity contribution in [1.29, 1.82) is 0 Å². The fourth-order valence-electron chi connectivity index (χ4n) is 0.876. The van der Waals surface area contributed by atoms with Crippen LogP contribution in [0, 0.1) is 0 Å². The number of aliphatic hydroxyl groups is 2. The smallest absolute Gasteiger partial charge is 0.194 e. The molecule has 0 fully saturated rings. The Bertz CT molecular complexity index is 304. The highest BCUT2D eigenvalue weighted by atomic mass is 16.3. The van der Waals surface area contributed by atoms with Gasteiger partial charge in [0.05, 0.1) is 0 Å². The van der Waals surface area contributed by atoms with Gasteiger partial charge in [-0.25, -0.2) is 0 Å². The average molecular weight is 212 g/mol. The van der Waals surface area contributed by atoms with Crippen LogP contribution in [0.5, 0.6) is 0 Å². The van der Waals surface area contributed by atoms with Gasteiger partial charge in [-0.2, -0.15) is 0 Å². The topological polar surface area (TPSA) is 74.6 Å². The van der Waals surface area contributed by atoms with Gasteiger partial charge >= 0.3 is 0 Å². The summed E-state index contributed by atoms with van der Waals surface area (Å²) in [5.74, 6) is -1.21. The van der Waals surface area contributed by atoms with Gasteiger partial charge in [0, 0.05) is 6.42 Å². The Labute approximate surface area is 88.9 Å². The van der Waals surface area contributed by atoms with Gasteiger partial charge in [-0.3, -0.25) is 9.59 Å². The number of hydrogen-bond donors (Lipinski definition) is 2. The van der Waals surface area contributed by atoms with Crippen LogP contribution in [0.2, 0.25) is 0 Å². The fourth-order valence-corrected chi connectivity index (χ4v) is 0.876. The van der Waals surface area contributed by atoms with E-state index in [0.717, 1.165) is 0 Å². The molecule has 0 radical (unpaired) electrons. The summed E-state index contributed by atoms with van der Waals surface area (Å²) in [7, 11) is 0. The maximum atomic E-state index is 11.3. The number of hydrogen-bond acceptors (Lipinski definition) is 4. The molecule has 0 aromatic heterocycles. The number of ketones is 2. The SMILES string of the molecule is C=C(C)C(=O)CC(O)C(=O)C(O)C(=C)C. The molecule has 0 spiro atoms. The first-order valence-electron chi connectivity index (χ1n) is 4.51. The molecule has 0 aliphatic carbocycles. The summed E-state index contributed by atoms with van der Waals surface area (Å²) >= 11 is 0. The van der Waals surface area contributed by atoms with E-state index in [4.69, 9.17) is 0 Å². The van der Waals surface area contributed by atoms with Crippen molar-refractivity contribution in [3.05, 3.63) is 24.3 Å². The molecule has 15 heavy (non-hydrogen) atoms. The van der Waals surface area contributed by atoms with E-state index in [9.17, 15) is 19.8 Å². The third-order valence-corrected chi connectivity index (χ3v) is 1.92. The standard InChI is InChI=1S/C11H16O4/c1-6(2)8(12)5-9(13)11(15)10(14)7(3)4/h9-10,13-14H,1,3,5H2,2,4H3. The predicted molar refractivity (Wildman–Crippen MR) is 56.3 cm³/mol. The molecule has 0 aromatic carbocycles. The van der Waals surface area contributed by atoms with Gasteiger partial charge in [-0.1, -0.05) is 13.2 Å². The van der Waals surface area contributed by atoms with Crippen molar-refractivity contribution < 1.29 is 19.8 Å². The second kappa shape index (κ2) is 5.58. The third-order valence-electron chi connectivity index (χ3n) is 1.92. The molecule has 0 heterocycles. The zero-order valence-electron chi connectivity index (χ0n) is 8.99. The minimum Gasteiger partial charge on any atom is -0.385 e. The zero-order valence-corrected chi connectivity index (χ0v) is 8.99. The first-order valence-corrected chi connectivity index (χ1v) is 4.51. The minimum absolute atomic E-state index is 0.238. The number of aliphatic hydroxyl groups excluding tert-OH is 2. The van der Waals surface area contributed by atoms with Gasteiger partial charge in [-0.15, -0.1) is 0 Å². The van der Waals surface area contributed by atoms with Gasteiger partial charge in [0.2, 0.25) is 0 Å². The van der Waals surface area contributed by atoms with Crippen molar-refractivity contribution in [3.63, 3.8) is 0 Å². The van der Waals surface area contributed by atoms with Crippen molar-refractivity contribution in [3.8, 4) is 0 Å². The summed E-state index contributed by atoms with van der Waals surface area (Å²) in [4.78, 5) is 22.4. The lowest BCUT2D eigenvalue weighted by Crippen LogP contribution is -2.34. The Morgan fingerprint density at radius 2 is 1.67 bits per heavy atom. The molecule has 2 atom stereocenters. The number of rotatable bonds is 6. The zero-order chi connectivity index (χ0) is 12.2. The van der Waals surface area contributed by atoms with Gasteiger partial charge in [0.15, 0.2) is 11.6 Å². The molecule has 0 saturated carbocycles. The Balaban J connectivity index is 4.40. The van der Waals surface area contributed by atoms with Crippen LogP contribution < -0.4 is 0 Å². The van der Waals surface area contributed by atoms with E-state index in [1.165, 1.54) is 13.8 Å². The fraction of sp³-hybridized carbons (Fsp3) is 0.455. The van der Waals surface area contributed by atoms with Crippen LogP contribution in [0.15, 0.2) is 24.3 Å². The predicted octanol–water partition coefficient (Wildman–Crippen LogP) is 0.389. The molecule has 4 heteroatoms. The molecular weight excluding hydrogens is 196 g/mol. The summed E-state index contributed by atoms with van der Waals surface area (Å²) < 4.78 is 0. The molecule has 0 rings (SSSR count). The summed E-state index contributed by atoms with van der Waals surface area (Å²) in [6.07, 6.45) is -3.27. The van der Waals surface area contributed by atoms with Crippen molar-refractivity contribution in [2.45, 2.75) is 32.5 Å². The van der Waals surface area contributed by atoms with Crippen LogP contribution in [0.3, 0.4) is 0 Å². The van der Waals surface area contributed by atoms with Gasteiger partial charge in [-0.05, 0) is 25.0 Å². The Morgan fingerprint density at radius 1 is 1.20 bits per heavy atom. The average Bonchev–Trinajstić information content (AvgIpc) is 2.14. The van der Waals surface area contributed by atoms with Crippen LogP contribution in [-0.2, 0) is 9.59 Å². The first-order chi connectivity index (χ1) is 6.77. The summed E-state index contributed by atoms with van der Waals surface area (Å²) in [6.45, 7) is 9.75. The van der Waals surface area contributed by atoms with Gasteiger partial charge < -0.3 is 10.2 Å². The molecule has 2 unspecified atom stereocenters. The van der Waals surface area contributed by atoms with Crippen molar-refractivity contribution >= 4 is 11.6 Å². The van der Waals surface area contributed by atoms with Crippen molar-refractivity contribution in [1.82, 2.24) is 0 Å². The lowest BCUT2D eigenvalue weighted by molar-refractivity contribution is -0.136. The van der Waals surface area contributed by atoms with E-state index in [0.29, 0.717) is 0 Å². The van der Waals surface area contributed by atoms with E-state index in [2.05, 4.69) is 13.2 Å². The lowest BCUT2D eigenvalue weighted by Gasteiger charge is -2.13.